The fourth-order valence-electron chi connectivity index (χ4n) is 7.76. The zero-order valence-corrected chi connectivity index (χ0v) is 33.4. The Morgan fingerprint density at radius 2 is 1.28 bits per heavy atom. The molecule has 7 heterocycles. The summed E-state index contributed by atoms with van der Waals surface area (Å²) in [6.07, 6.45) is 11.5. The van der Waals surface area contributed by atoms with E-state index in [1.54, 1.807) is 43.5 Å². The summed E-state index contributed by atoms with van der Waals surface area (Å²) < 4.78 is 33.7. The number of methoxy groups -OCH3 is 2. The van der Waals surface area contributed by atoms with Gasteiger partial charge in [0, 0.05) is 49.4 Å². The molecule has 15 nitrogen and oxygen atoms in total. The van der Waals surface area contributed by atoms with E-state index in [4.69, 9.17) is 29.6 Å². The third-order valence-corrected chi connectivity index (χ3v) is 10.6. The highest BCUT2D eigenvalue weighted by molar-refractivity contribution is 5.81. The van der Waals surface area contributed by atoms with E-state index in [1.165, 1.54) is 12.1 Å². The first-order chi connectivity index (χ1) is 29.3. The van der Waals surface area contributed by atoms with E-state index in [-0.39, 0.29) is 5.82 Å². The van der Waals surface area contributed by atoms with Crippen LogP contribution in [-0.2, 0) is 0 Å². The number of fused-ring (bicyclic) bond motifs is 2. The average Bonchev–Trinajstić information content (AvgIpc) is 4.13. The van der Waals surface area contributed by atoms with Gasteiger partial charge in [0.25, 0.3) is 11.9 Å². The van der Waals surface area contributed by atoms with E-state index >= 15 is 0 Å². The Morgan fingerprint density at radius 3 is 1.87 bits per heavy atom. The van der Waals surface area contributed by atoms with Crippen LogP contribution >= 0.6 is 0 Å². The SMILES string of the molecule is COc1cc(N(c2nc3c(-c4ccc(F)cc4)cccn3n2)N(c2ccc(-n3cnc(C)c3)c(OC)c2)c2nc3cccc(N4CCCC4)n3n2)ccc1-n1cnc(C)c1. The molecule has 0 atom stereocenters. The van der Waals surface area contributed by atoms with Crippen molar-refractivity contribution < 1.29 is 13.9 Å². The first-order valence-corrected chi connectivity index (χ1v) is 19.6. The van der Waals surface area contributed by atoms with Gasteiger partial charge in [0.2, 0.25) is 0 Å². The van der Waals surface area contributed by atoms with Gasteiger partial charge in [0.15, 0.2) is 11.3 Å². The number of ether oxygens (including phenoxy) is 2. The number of nitrogens with zero attached hydrogens (tertiary/aromatic N) is 13. The summed E-state index contributed by atoms with van der Waals surface area (Å²) >= 11 is 0. The highest BCUT2D eigenvalue weighted by Gasteiger charge is 2.31. The van der Waals surface area contributed by atoms with Crippen LogP contribution in [0.15, 0.2) is 122 Å². The van der Waals surface area contributed by atoms with Gasteiger partial charge in [-0.15, -0.1) is 10.2 Å². The van der Waals surface area contributed by atoms with Gasteiger partial charge in [-0.05, 0) is 92.9 Å². The molecule has 10 rings (SSSR count). The summed E-state index contributed by atoms with van der Waals surface area (Å²) in [6.45, 7) is 5.75. The van der Waals surface area contributed by atoms with Crippen LogP contribution in [0.2, 0.25) is 0 Å². The maximum Gasteiger partial charge on any atom is 0.269 e. The van der Waals surface area contributed by atoms with Crippen LogP contribution < -0.4 is 24.4 Å². The second kappa shape index (κ2) is 14.9. The summed E-state index contributed by atoms with van der Waals surface area (Å²) in [7, 11) is 3.28. The molecular weight excluding hydrogens is 762 g/mol. The van der Waals surface area contributed by atoms with Crippen molar-refractivity contribution >= 4 is 40.4 Å². The molecule has 60 heavy (non-hydrogen) atoms. The maximum atomic E-state index is 14.1. The van der Waals surface area contributed by atoms with Gasteiger partial charge >= 0.3 is 0 Å². The minimum Gasteiger partial charge on any atom is -0.494 e. The van der Waals surface area contributed by atoms with E-state index in [0.29, 0.717) is 46.1 Å². The summed E-state index contributed by atoms with van der Waals surface area (Å²) in [5, 5.41) is 14.1. The lowest BCUT2D eigenvalue weighted by molar-refractivity contribution is 0.412. The molecule has 9 aromatic rings. The minimum absolute atomic E-state index is 0.296. The smallest absolute Gasteiger partial charge is 0.269 e. The molecule has 6 aromatic heterocycles. The molecule has 0 N–H and O–H groups in total. The third kappa shape index (κ3) is 6.47. The van der Waals surface area contributed by atoms with E-state index in [9.17, 15) is 4.39 Å². The molecule has 1 fully saturated rings. The Labute approximate surface area is 344 Å². The molecule has 0 amide bonds. The van der Waals surface area contributed by atoms with Crippen LogP contribution in [0.25, 0.3) is 33.8 Å². The molecule has 0 saturated carbocycles. The van der Waals surface area contributed by atoms with E-state index in [0.717, 1.165) is 65.6 Å². The third-order valence-electron chi connectivity index (χ3n) is 10.6. The first kappa shape index (κ1) is 36.6. The summed E-state index contributed by atoms with van der Waals surface area (Å²) in [6, 6.07) is 28.0. The molecule has 0 aliphatic carbocycles. The number of hydrogen-bond donors (Lipinski definition) is 0. The monoisotopic (exact) mass is 801 g/mol. The van der Waals surface area contributed by atoms with Crippen LogP contribution in [0.1, 0.15) is 24.2 Å². The van der Waals surface area contributed by atoms with Crippen molar-refractivity contribution in [1.29, 1.82) is 0 Å². The Balaban J connectivity index is 1.23. The number of aryl methyl sites for hydroxylation is 2. The van der Waals surface area contributed by atoms with Crippen LogP contribution in [0, 0.1) is 19.7 Å². The van der Waals surface area contributed by atoms with Gasteiger partial charge in [-0.25, -0.2) is 28.9 Å². The Kier molecular flexibility index (Phi) is 9.07. The van der Waals surface area contributed by atoms with Gasteiger partial charge in [-0.1, -0.05) is 18.2 Å². The largest absolute Gasteiger partial charge is 0.494 e. The Hall–Kier alpha value is -7.75. The van der Waals surface area contributed by atoms with Crippen molar-refractivity contribution in [3.8, 4) is 34.0 Å². The lowest BCUT2D eigenvalue weighted by atomic mass is 10.1. The molecule has 16 heteroatoms. The highest BCUT2D eigenvalue weighted by atomic mass is 19.1. The van der Waals surface area contributed by atoms with Gasteiger partial charge in [0.05, 0.1) is 61.0 Å². The van der Waals surface area contributed by atoms with Crippen molar-refractivity contribution in [3.63, 3.8) is 0 Å². The Morgan fingerprint density at radius 1 is 0.667 bits per heavy atom. The van der Waals surface area contributed by atoms with Gasteiger partial charge in [-0.2, -0.15) is 14.5 Å². The topological polar surface area (TPSA) is 124 Å². The molecule has 0 unspecified atom stereocenters. The van der Waals surface area contributed by atoms with Gasteiger partial charge in [-0.3, -0.25) is 0 Å². The quantitative estimate of drug-likeness (QED) is 0.118. The summed E-state index contributed by atoms with van der Waals surface area (Å²) in [5.41, 5.74) is 7.40. The predicted octanol–water partition coefficient (Wildman–Crippen LogP) is 8.08. The number of anilines is 5. The number of benzene rings is 3. The standard InChI is InChI=1S/C44H40FN13O2/c1-29-25-53(27-46-29)36-18-16-33(23-38(36)59-3)57(43-48-40-10-7-11-41(56(40)51-43)52-20-5-6-21-52)58(34-17-19-37(39(24-34)60-4)54-26-30(2)47-28-54)44-49-42-35(9-8-22-55(42)50-44)31-12-14-32(45)15-13-31/h7-19,22-28H,5-6,20-21H2,1-4H3. The van der Waals surface area contributed by atoms with Crippen molar-refractivity contribution in [1.82, 2.24) is 48.3 Å². The number of aromatic nitrogens is 10. The second-order valence-corrected chi connectivity index (χ2v) is 14.5. The number of pyridine rings is 2. The zero-order chi connectivity index (χ0) is 40.9. The second-order valence-electron chi connectivity index (χ2n) is 14.5. The van der Waals surface area contributed by atoms with Crippen LogP contribution in [0.3, 0.4) is 0 Å². The lowest BCUT2D eigenvalue weighted by Gasteiger charge is -2.33. The van der Waals surface area contributed by atoms with Gasteiger partial charge < -0.3 is 23.5 Å². The van der Waals surface area contributed by atoms with Crippen molar-refractivity contribution in [2.45, 2.75) is 26.7 Å². The highest BCUT2D eigenvalue weighted by Crippen LogP contribution is 2.40. The average molecular weight is 802 g/mol. The van der Waals surface area contributed by atoms with Crippen molar-refractivity contribution in [2.24, 2.45) is 0 Å². The molecule has 0 radical (unpaired) electrons. The van der Waals surface area contributed by atoms with E-state index in [1.807, 2.05) is 117 Å². The van der Waals surface area contributed by atoms with Crippen molar-refractivity contribution in [3.05, 3.63) is 139 Å². The summed E-state index contributed by atoms with van der Waals surface area (Å²) in [5.74, 6) is 2.44. The number of imidazole rings is 2. The molecular formula is C44H40FN13O2. The fraction of sp³-hybridized carbons (Fsp3) is 0.182. The predicted molar refractivity (Wildman–Crippen MR) is 227 cm³/mol. The number of hydrazine groups is 1. The van der Waals surface area contributed by atoms with Crippen LogP contribution in [0.4, 0.5) is 33.5 Å². The number of rotatable bonds is 11. The number of hydrogen-bond acceptors (Lipinski definition) is 11. The van der Waals surface area contributed by atoms with E-state index < -0.39 is 0 Å². The van der Waals surface area contributed by atoms with Crippen LogP contribution in [0.5, 0.6) is 11.5 Å². The molecule has 3 aromatic carbocycles. The molecule has 300 valence electrons. The van der Waals surface area contributed by atoms with E-state index in [2.05, 4.69) is 20.9 Å². The van der Waals surface area contributed by atoms with Crippen molar-refractivity contribution in [2.75, 3.05) is 42.2 Å². The molecule has 1 aliphatic rings. The fourth-order valence-corrected chi connectivity index (χ4v) is 7.76. The minimum atomic E-state index is -0.324. The van der Waals surface area contributed by atoms with Crippen LogP contribution in [-0.4, -0.2) is 75.6 Å². The molecule has 1 aliphatic heterocycles. The Bertz CT molecular complexity index is 3000. The first-order valence-electron chi connectivity index (χ1n) is 19.6. The number of halogens is 1. The summed E-state index contributed by atoms with van der Waals surface area (Å²) in [4.78, 5) is 21.6. The lowest BCUT2D eigenvalue weighted by Crippen LogP contribution is -2.37. The maximum absolute atomic E-state index is 14.1. The normalized spacial score (nSPS) is 12.8. The molecule has 1 saturated heterocycles. The zero-order valence-electron chi connectivity index (χ0n) is 33.4. The molecule has 0 spiro atoms. The van der Waals surface area contributed by atoms with Gasteiger partial charge in [0.1, 0.15) is 23.1 Å². The molecule has 0 bridgehead atoms.